The van der Waals surface area contributed by atoms with E-state index in [-0.39, 0.29) is 5.82 Å². The number of aliphatic hydroxyl groups is 1. The number of nitrogens with one attached hydrogen (secondary N) is 1. The van der Waals surface area contributed by atoms with Gasteiger partial charge in [-0.1, -0.05) is 25.1 Å². The van der Waals surface area contributed by atoms with E-state index in [2.05, 4.69) is 12.2 Å². The molecule has 96 valence electrons. The molecule has 0 saturated carbocycles. The standard InChI is InChI=1S/C14H22FNO/c1-3-9-16-10-8-14(2,17)11-12-6-4-5-7-13(12)15/h4-7,16-17H,3,8-11H2,1-2H3. The van der Waals surface area contributed by atoms with Crippen molar-refractivity contribution in [3.8, 4) is 0 Å². The summed E-state index contributed by atoms with van der Waals surface area (Å²) in [4.78, 5) is 0. The van der Waals surface area contributed by atoms with Gasteiger partial charge in [0.15, 0.2) is 0 Å². The fourth-order valence-electron chi connectivity index (χ4n) is 1.80. The smallest absolute Gasteiger partial charge is 0.126 e. The van der Waals surface area contributed by atoms with Gasteiger partial charge in [-0.25, -0.2) is 4.39 Å². The van der Waals surface area contributed by atoms with E-state index in [4.69, 9.17) is 0 Å². The SMILES string of the molecule is CCCNCCC(C)(O)Cc1ccccc1F. The van der Waals surface area contributed by atoms with Crippen LogP contribution in [0.15, 0.2) is 24.3 Å². The Morgan fingerprint density at radius 1 is 1.29 bits per heavy atom. The highest BCUT2D eigenvalue weighted by Crippen LogP contribution is 2.18. The molecular weight excluding hydrogens is 217 g/mol. The van der Waals surface area contributed by atoms with Crippen LogP contribution >= 0.6 is 0 Å². The molecule has 0 bridgehead atoms. The van der Waals surface area contributed by atoms with Crippen LogP contribution in [0.25, 0.3) is 0 Å². The molecule has 0 saturated heterocycles. The van der Waals surface area contributed by atoms with Gasteiger partial charge in [-0.15, -0.1) is 0 Å². The van der Waals surface area contributed by atoms with Gasteiger partial charge in [-0.3, -0.25) is 0 Å². The lowest BCUT2D eigenvalue weighted by Crippen LogP contribution is -2.32. The summed E-state index contributed by atoms with van der Waals surface area (Å²) in [6, 6.07) is 6.62. The zero-order valence-corrected chi connectivity index (χ0v) is 10.7. The van der Waals surface area contributed by atoms with Gasteiger partial charge in [0, 0.05) is 6.42 Å². The minimum absolute atomic E-state index is 0.241. The van der Waals surface area contributed by atoms with Crippen molar-refractivity contribution in [3.05, 3.63) is 35.6 Å². The van der Waals surface area contributed by atoms with Crippen LogP contribution in [-0.4, -0.2) is 23.8 Å². The Morgan fingerprint density at radius 2 is 2.00 bits per heavy atom. The molecule has 1 unspecified atom stereocenters. The number of hydrogen-bond donors (Lipinski definition) is 2. The summed E-state index contributed by atoms with van der Waals surface area (Å²) in [5.74, 6) is -0.241. The summed E-state index contributed by atoms with van der Waals surface area (Å²) in [6.45, 7) is 5.57. The van der Waals surface area contributed by atoms with Crippen molar-refractivity contribution in [1.29, 1.82) is 0 Å². The molecule has 0 aliphatic rings. The predicted molar refractivity (Wildman–Crippen MR) is 68.5 cm³/mol. The minimum atomic E-state index is -0.858. The van der Waals surface area contributed by atoms with E-state index < -0.39 is 5.60 Å². The Bertz CT molecular complexity index is 339. The van der Waals surface area contributed by atoms with Gasteiger partial charge in [-0.05, 0) is 44.5 Å². The molecule has 17 heavy (non-hydrogen) atoms. The molecule has 0 fully saturated rings. The van der Waals surface area contributed by atoms with Crippen molar-refractivity contribution in [1.82, 2.24) is 5.32 Å². The van der Waals surface area contributed by atoms with E-state index in [0.717, 1.165) is 19.5 Å². The van der Waals surface area contributed by atoms with Crippen LogP contribution in [0.4, 0.5) is 4.39 Å². The zero-order chi connectivity index (χ0) is 12.7. The maximum atomic E-state index is 13.4. The van der Waals surface area contributed by atoms with Crippen LogP contribution in [-0.2, 0) is 6.42 Å². The van der Waals surface area contributed by atoms with Crippen molar-refractivity contribution in [2.45, 2.75) is 38.7 Å². The quantitative estimate of drug-likeness (QED) is 0.717. The van der Waals surface area contributed by atoms with Crippen LogP contribution < -0.4 is 5.32 Å². The number of halogens is 1. The molecule has 1 atom stereocenters. The Morgan fingerprint density at radius 3 is 2.65 bits per heavy atom. The third kappa shape index (κ3) is 5.29. The van der Waals surface area contributed by atoms with E-state index in [1.165, 1.54) is 6.07 Å². The Hall–Kier alpha value is -0.930. The summed E-state index contributed by atoms with van der Waals surface area (Å²) in [5.41, 5.74) is -0.281. The lowest BCUT2D eigenvalue weighted by atomic mass is 9.93. The van der Waals surface area contributed by atoms with Gasteiger partial charge >= 0.3 is 0 Å². The molecule has 2 nitrogen and oxygen atoms in total. The first kappa shape index (κ1) is 14.1. The third-order valence-electron chi connectivity index (χ3n) is 2.80. The Labute approximate surface area is 103 Å². The zero-order valence-electron chi connectivity index (χ0n) is 10.7. The monoisotopic (exact) mass is 239 g/mol. The van der Waals surface area contributed by atoms with Crippen LogP contribution in [0.3, 0.4) is 0 Å². The first-order valence-corrected chi connectivity index (χ1v) is 6.21. The summed E-state index contributed by atoms with van der Waals surface area (Å²) in [6.07, 6.45) is 2.06. The van der Waals surface area contributed by atoms with Crippen molar-refractivity contribution in [3.63, 3.8) is 0 Å². The molecule has 1 rings (SSSR count). The Kier molecular flexibility index (Phi) is 5.59. The van der Waals surface area contributed by atoms with Gasteiger partial charge in [0.25, 0.3) is 0 Å². The molecule has 0 aromatic heterocycles. The second-order valence-electron chi connectivity index (χ2n) is 4.77. The third-order valence-corrected chi connectivity index (χ3v) is 2.80. The van der Waals surface area contributed by atoms with Gasteiger partial charge in [-0.2, -0.15) is 0 Å². The van der Waals surface area contributed by atoms with Gasteiger partial charge in [0.1, 0.15) is 5.82 Å². The van der Waals surface area contributed by atoms with Gasteiger partial charge < -0.3 is 10.4 Å². The fraction of sp³-hybridized carbons (Fsp3) is 0.571. The minimum Gasteiger partial charge on any atom is -0.390 e. The normalized spacial score (nSPS) is 14.6. The van der Waals surface area contributed by atoms with E-state index in [9.17, 15) is 9.50 Å². The van der Waals surface area contributed by atoms with Crippen molar-refractivity contribution in [2.24, 2.45) is 0 Å². The van der Waals surface area contributed by atoms with E-state index >= 15 is 0 Å². The first-order valence-electron chi connectivity index (χ1n) is 6.21. The lowest BCUT2D eigenvalue weighted by Gasteiger charge is -2.23. The molecule has 1 aromatic carbocycles. The number of benzene rings is 1. The molecule has 3 heteroatoms. The average Bonchev–Trinajstić information content (AvgIpc) is 2.28. The molecule has 0 heterocycles. The molecular formula is C14H22FNO. The van der Waals surface area contributed by atoms with E-state index in [0.29, 0.717) is 18.4 Å². The molecule has 2 N–H and O–H groups in total. The summed E-state index contributed by atoms with van der Waals surface area (Å²) < 4.78 is 13.4. The maximum Gasteiger partial charge on any atom is 0.126 e. The van der Waals surface area contributed by atoms with Crippen LogP contribution in [0.5, 0.6) is 0 Å². The van der Waals surface area contributed by atoms with Crippen LogP contribution in [0, 0.1) is 5.82 Å². The fourth-order valence-corrected chi connectivity index (χ4v) is 1.80. The van der Waals surface area contributed by atoms with Crippen LogP contribution in [0.2, 0.25) is 0 Å². The van der Waals surface area contributed by atoms with Crippen molar-refractivity contribution < 1.29 is 9.50 Å². The first-order chi connectivity index (χ1) is 8.05. The second-order valence-corrected chi connectivity index (χ2v) is 4.77. The second kappa shape index (κ2) is 6.72. The van der Waals surface area contributed by atoms with Crippen molar-refractivity contribution in [2.75, 3.05) is 13.1 Å². The lowest BCUT2D eigenvalue weighted by molar-refractivity contribution is 0.0507. The summed E-state index contributed by atoms with van der Waals surface area (Å²) >= 11 is 0. The summed E-state index contributed by atoms with van der Waals surface area (Å²) in [5, 5.41) is 13.4. The highest BCUT2D eigenvalue weighted by molar-refractivity contribution is 5.19. The topological polar surface area (TPSA) is 32.3 Å². The molecule has 0 aliphatic heterocycles. The average molecular weight is 239 g/mol. The molecule has 0 spiro atoms. The van der Waals surface area contributed by atoms with Crippen LogP contribution in [0.1, 0.15) is 32.3 Å². The molecule has 0 radical (unpaired) electrons. The number of rotatable bonds is 7. The van der Waals surface area contributed by atoms with E-state index in [1.54, 1.807) is 25.1 Å². The number of hydrogen-bond acceptors (Lipinski definition) is 2. The van der Waals surface area contributed by atoms with Gasteiger partial charge in [0.2, 0.25) is 0 Å². The molecule has 0 amide bonds. The highest BCUT2D eigenvalue weighted by Gasteiger charge is 2.21. The largest absolute Gasteiger partial charge is 0.390 e. The Balaban J connectivity index is 2.46. The molecule has 0 aliphatic carbocycles. The highest BCUT2D eigenvalue weighted by atomic mass is 19.1. The molecule has 1 aromatic rings. The van der Waals surface area contributed by atoms with Gasteiger partial charge in [0.05, 0.1) is 5.60 Å². The summed E-state index contributed by atoms with van der Waals surface area (Å²) in [7, 11) is 0. The van der Waals surface area contributed by atoms with E-state index in [1.807, 2.05) is 0 Å². The predicted octanol–water partition coefficient (Wildman–Crippen LogP) is 2.51. The maximum absolute atomic E-state index is 13.4. The van der Waals surface area contributed by atoms with Crippen molar-refractivity contribution >= 4 is 0 Å².